The molecule has 2 fully saturated rings. The molecule has 0 aromatic heterocycles. The van der Waals surface area contributed by atoms with E-state index in [0.29, 0.717) is 48.3 Å². The molecule has 10 heteroatoms. The van der Waals surface area contributed by atoms with Crippen LogP contribution < -0.4 is 24.3 Å². The number of carbonyl (C=O) groups is 3. The molecule has 2 aromatic carbocycles. The van der Waals surface area contributed by atoms with E-state index in [4.69, 9.17) is 18.9 Å². The molecule has 190 valence electrons. The Morgan fingerprint density at radius 2 is 1.86 bits per heavy atom. The Kier molecular flexibility index (Phi) is 6.11. The Morgan fingerprint density at radius 1 is 1.08 bits per heavy atom. The molecule has 0 aliphatic carbocycles. The van der Waals surface area contributed by atoms with Crippen LogP contribution in [0.4, 0.5) is 4.79 Å². The largest absolute Gasteiger partial charge is 0.497 e. The highest BCUT2D eigenvalue weighted by atomic mass is 16.6. The van der Waals surface area contributed by atoms with Crippen LogP contribution in [0.25, 0.3) is 0 Å². The standard InChI is InChI=1S/C26H29N3O7/c1-26(16-6-8-21-22(13-16)36-12-11-35-21)24(31)29(25(32)27-26)15-23(30)28-10-4-5-19(28)18-14-17(33-2)7-9-20(18)34-3/h6-9,13-14,19H,4-5,10-12,15H2,1-3H3,(H,27,32). The molecule has 0 bridgehead atoms. The van der Waals surface area contributed by atoms with Crippen molar-refractivity contribution >= 4 is 17.8 Å². The number of rotatable bonds is 6. The predicted molar refractivity (Wildman–Crippen MR) is 128 cm³/mol. The van der Waals surface area contributed by atoms with Crippen molar-refractivity contribution in [1.29, 1.82) is 0 Å². The van der Waals surface area contributed by atoms with Crippen LogP contribution in [0, 0.1) is 0 Å². The van der Waals surface area contributed by atoms with Gasteiger partial charge >= 0.3 is 6.03 Å². The maximum absolute atomic E-state index is 13.5. The quantitative estimate of drug-likeness (QED) is 0.614. The average molecular weight is 496 g/mol. The van der Waals surface area contributed by atoms with Gasteiger partial charge in [0, 0.05) is 12.1 Å². The number of hydrogen-bond donors (Lipinski definition) is 1. The minimum Gasteiger partial charge on any atom is -0.497 e. The fourth-order valence-electron chi connectivity index (χ4n) is 5.11. The van der Waals surface area contributed by atoms with E-state index in [2.05, 4.69) is 5.32 Å². The second-order valence-electron chi connectivity index (χ2n) is 9.16. The second-order valence-corrected chi connectivity index (χ2v) is 9.16. The number of imide groups is 1. The maximum Gasteiger partial charge on any atom is 0.325 e. The van der Waals surface area contributed by atoms with Crippen LogP contribution in [0.15, 0.2) is 36.4 Å². The van der Waals surface area contributed by atoms with Crippen LogP contribution in [0.2, 0.25) is 0 Å². The second kappa shape index (κ2) is 9.25. The summed E-state index contributed by atoms with van der Waals surface area (Å²) in [4.78, 5) is 42.4. The van der Waals surface area contributed by atoms with E-state index in [0.717, 1.165) is 23.3 Å². The Hall–Kier alpha value is -3.95. The average Bonchev–Trinajstić information content (AvgIpc) is 3.47. The molecule has 2 unspecified atom stereocenters. The van der Waals surface area contributed by atoms with E-state index in [1.54, 1.807) is 50.3 Å². The molecule has 0 saturated carbocycles. The smallest absolute Gasteiger partial charge is 0.325 e. The monoisotopic (exact) mass is 495 g/mol. The molecular formula is C26H29N3O7. The Morgan fingerprint density at radius 3 is 2.61 bits per heavy atom. The lowest BCUT2D eigenvalue weighted by Crippen LogP contribution is -2.44. The third-order valence-electron chi connectivity index (χ3n) is 7.06. The summed E-state index contributed by atoms with van der Waals surface area (Å²) in [5.41, 5.74) is 0.0643. The maximum atomic E-state index is 13.5. The van der Waals surface area contributed by atoms with Gasteiger partial charge in [0.15, 0.2) is 11.5 Å². The lowest BCUT2D eigenvalue weighted by Gasteiger charge is -2.28. The predicted octanol–water partition coefficient (Wildman–Crippen LogP) is 2.61. The molecular weight excluding hydrogens is 466 g/mol. The van der Waals surface area contributed by atoms with Crippen molar-refractivity contribution in [1.82, 2.24) is 15.1 Å². The highest BCUT2D eigenvalue weighted by Crippen LogP contribution is 2.40. The molecule has 3 aliphatic rings. The third-order valence-corrected chi connectivity index (χ3v) is 7.06. The fraction of sp³-hybridized carbons (Fsp3) is 0.423. The minimum atomic E-state index is -1.33. The molecule has 1 N–H and O–H groups in total. The Labute approximate surface area is 209 Å². The van der Waals surface area contributed by atoms with Crippen LogP contribution in [-0.2, 0) is 15.1 Å². The van der Waals surface area contributed by atoms with Gasteiger partial charge in [-0.15, -0.1) is 0 Å². The third kappa shape index (κ3) is 3.96. The van der Waals surface area contributed by atoms with Gasteiger partial charge in [-0.3, -0.25) is 14.5 Å². The summed E-state index contributed by atoms with van der Waals surface area (Å²) in [6, 6.07) is 9.76. The van der Waals surface area contributed by atoms with Crippen LogP contribution in [0.3, 0.4) is 0 Å². The van der Waals surface area contributed by atoms with Crippen molar-refractivity contribution in [3.8, 4) is 23.0 Å². The zero-order valence-corrected chi connectivity index (χ0v) is 20.5. The molecule has 36 heavy (non-hydrogen) atoms. The highest BCUT2D eigenvalue weighted by molar-refractivity contribution is 6.09. The number of nitrogens with one attached hydrogen (secondary N) is 1. The van der Waals surface area contributed by atoms with Gasteiger partial charge in [-0.05, 0) is 55.7 Å². The fourth-order valence-corrected chi connectivity index (χ4v) is 5.11. The van der Waals surface area contributed by atoms with E-state index >= 15 is 0 Å². The summed E-state index contributed by atoms with van der Waals surface area (Å²) in [6.07, 6.45) is 1.54. The number of likely N-dealkylation sites (tertiary alicyclic amines) is 1. The van der Waals surface area contributed by atoms with Crippen molar-refractivity contribution in [2.24, 2.45) is 0 Å². The van der Waals surface area contributed by atoms with E-state index in [9.17, 15) is 14.4 Å². The number of nitrogens with zero attached hydrogens (tertiary/aromatic N) is 2. The molecule has 2 saturated heterocycles. The first kappa shape index (κ1) is 23.8. The van der Waals surface area contributed by atoms with E-state index < -0.39 is 17.5 Å². The van der Waals surface area contributed by atoms with Gasteiger partial charge in [-0.2, -0.15) is 0 Å². The number of methoxy groups -OCH3 is 2. The zero-order chi connectivity index (χ0) is 25.4. The van der Waals surface area contributed by atoms with Crippen molar-refractivity contribution in [3.63, 3.8) is 0 Å². The molecule has 3 aliphatic heterocycles. The van der Waals surface area contributed by atoms with Crippen molar-refractivity contribution in [2.45, 2.75) is 31.3 Å². The number of benzene rings is 2. The first-order valence-electron chi connectivity index (χ1n) is 11.9. The van der Waals surface area contributed by atoms with E-state index in [-0.39, 0.29) is 18.5 Å². The SMILES string of the molecule is COc1ccc(OC)c(C2CCCN2C(=O)CN2C(=O)NC(C)(c3ccc4c(c3)OCCO4)C2=O)c1. The Bertz CT molecular complexity index is 1220. The van der Waals surface area contributed by atoms with Gasteiger partial charge in [0.25, 0.3) is 5.91 Å². The Balaban J connectivity index is 1.36. The number of ether oxygens (including phenoxy) is 4. The lowest BCUT2D eigenvalue weighted by atomic mass is 9.91. The van der Waals surface area contributed by atoms with Crippen LogP contribution in [0.1, 0.15) is 36.9 Å². The molecule has 2 atom stereocenters. The molecule has 10 nitrogen and oxygen atoms in total. The van der Waals surface area contributed by atoms with Gasteiger partial charge in [0.1, 0.15) is 36.8 Å². The normalized spacial score (nSPS) is 23.0. The first-order valence-corrected chi connectivity index (χ1v) is 11.9. The van der Waals surface area contributed by atoms with Crippen molar-refractivity contribution in [2.75, 3.05) is 40.5 Å². The molecule has 0 radical (unpaired) electrons. The highest BCUT2D eigenvalue weighted by Gasteiger charge is 2.50. The van der Waals surface area contributed by atoms with Gasteiger partial charge in [-0.1, -0.05) is 6.07 Å². The molecule has 4 amide bonds. The number of amides is 4. The van der Waals surface area contributed by atoms with Crippen LogP contribution >= 0.6 is 0 Å². The summed E-state index contributed by atoms with van der Waals surface area (Å²) in [5, 5.41) is 2.76. The number of urea groups is 1. The summed E-state index contributed by atoms with van der Waals surface area (Å²) >= 11 is 0. The van der Waals surface area contributed by atoms with Crippen molar-refractivity contribution < 1.29 is 33.3 Å². The molecule has 2 aromatic rings. The zero-order valence-electron chi connectivity index (χ0n) is 20.5. The van der Waals surface area contributed by atoms with Gasteiger partial charge in [0.05, 0.1) is 20.3 Å². The minimum absolute atomic E-state index is 0.243. The first-order chi connectivity index (χ1) is 17.4. The molecule has 0 spiro atoms. The van der Waals surface area contributed by atoms with Gasteiger partial charge in [-0.25, -0.2) is 4.79 Å². The number of fused-ring (bicyclic) bond motifs is 1. The van der Waals surface area contributed by atoms with Crippen LogP contribution in [-0.4, -0.2) is 68.2 Å². The van der Waals surface area contributed by atoms with Crippen molar-refractivity contribution in [3.05, 3.63) is 47.5 Å². The summed E-state index contributed by atoms with van der Waals surface area (Å²) in [6.45, 7) is 2.65. The lowest BCUT2D eigenvalue weighted by molar-refractivity contribution is -0.139. The number of hydrogen-bond acceptors (Lipinski definition) is 7. The summed E-state index contributed by atoms with van der Waals surface area (Å²) < 4.78 is 22.1. The van der Waals surface area contributed by atoms with Gasteiger partial charge in [0.2, 0.25) is 5.91 Å². The topological polar surface area (TPSA) is 107 Å². The van der Waals surface area contributed by atoms with E-state index in [1.807, 2.05) is 12.1 Å². The molecule has 3 heterocycles. The summed E-state index contributed by atoms with van der Waals surface area (Å²) in [7, 11) is 3.16. The molecule has 5 rings (SSSR count). The number of carbonyl (C=O) groups excluding carboxylic acids is 3. The van der Waals surface area contributed by atoms with Crippen LogP contribution in [0.5, 0.6) is 23.0 Å². The summed E-state index contributed by atoms with van der Waals surface area (Å²) in [5.74, 6) is 1.62. The van der Waals surface area contributed by atoms with E-state index in [1.165, 1.54) is 0 Å². The van der Waals surface area contributed by atoms with Gasteiger partial charge < -0.3 is 29.2 Å².